The fraction of sp³-hybridized carbons (Fsp3) is 0.111. The number of anilines is 2. The molecule has 37 heavy (non-hydrogen) atoms. The van der Waals surface area contributed by atoms with Gasteiger partial charge in [-0.05, 0) is 23.6 Å². The molecular weight excluding hydrogens is 470 g/mol. The summed E-state index contributed by atoms with van der Waals surface area (Å²) in [5.74, 6) is 0.0391. The minimum Gasteiger partial charge on any atom is -0.361 e. The van der Waals surface area contributed by atoms with Crippen LogP contribution in [-0.2, 0) is 13.0 Å². The number of benzene rings is 3. The van der Waals surface area contributed by atoms with E-state index in [-0.39, 0.29) is 22.9 Å². The molecule has 3 aromatic carbocycles. The maximum Gasteiger partial charge on any atom is 0.293 e. The van der Waals surface area contributed by atoms with Crippen molar-refractivity contribution >= 4 is 23.5 Å². The van der Waals surface area contributed by atoms with Gasteiger partial charge in [0.2, 0.25) is 5.95 Å². The van der Waals surface area contributed by atoms with E-state index in [9.17, 15) is 20.2 Å². The minimum atomic E-state index is -0.600. The summed E-state index contributed by atoms with van der Waals surface area (Å²) in [6.45, 7) is 1.29. The van der Waals surface area contributed by atoms with E-state index in [4.69, 9.17) is 0 Å². The van der Waals surface area contributed by atoms with Crippen molar-refractivity contribution in [2.75, 3.05) is 16.9 Å². The molecule has 0 unspecified atom stereocenters. The summed E-state index contributed by atoms with van der Waals surface area (Å²) >= 11 is 0. The number of aromatic nitrogens is 2. The minimum absolute atomic E-state index is 0.0143. The number of hydrazone groups is 1. The topological polar surface area (TPSA) is 140 Å². The molecule has 2 heterocycles. The number of rotatable bonds is 6. The van der Waals surface area contributed by atoms with Gasteiger partial charge in [-0.15, -0.1) is 0 Å². The molecule has 1 aliphatic rings. The van der Waals surface area contributed by atoms with E-state index >= 15 is 0 Å². The van der Waals surface area contributed by atoms with Crippen LogP contribution in [0.5, 0.6) is 0 Å². The Hall–Kier alpha value is -5.30. The van der Waals surface area contributed by atoms with E-state index in [1.807, 2.05) is 35.2 Å². The van der Waals surface area contributed by atoms with Crippen molar-refractivity contribution in [3.8, 4) is 17.3 Å². The number of fused-ring (bicyclic) bond motifs is 1. The molecule has 4 aromatic rings. The zero-order chi connectivity index (χ0) is 25.8. The van der Waals surface area contributed by atoms with Crippen molar-refractivity contribution in [3.05, 3.63) is 116 Å². The summed E-state index contributed by atoms with van der Waals surface area (Å²) < 4.78 is 0. The van der Waals surface area contributed by atoms with Gasteiger partial charge in [-0.2, -0.15) is 10.4 Å². The Morgan fingerprint density at radius 3 is 2.62 bits per heavy atom. The summed E-state index contributed by atoms with van der Waals surface area (Å²) in [7, 11) is 0. The lowest BCUT2D eigenvalue weighted by atomic mass is 9.99. The predicted octanol–water partition coefficient (Wildman–Crippen LogP) is 4.23. The summed E-state index contributed by atoms with van der Waals surface area (Å²) in [5, 5.41) is 25.4. The third-order valence-electron chi connectivity index (χ3n) is 6.13. The van der Waals surface area contributed by atoms with Crippen LogP contribution in [0.2, 0.25) is 0 Å². The molecule has 0 saturated heterocycles. The smallest absolute Gasteiger partial charge is 0.293 e. The Kier molecular flexibility index (Phi) is 6.42. The number of nitro groups is 1. The monoisotopic (exact) mass is 491 g/mol. The number of nitriles is 1. The van der Waals surface area contributed by atoms with E-state index in [2.05, 4.69) is 26.6 Å². The lowest BCUT2D eigenvalue weighted by molar-refractivity contribution is -0.384. The van der Waals surface area contributed by atoms with Crippen LogP contribution in [0, 0.1) is 21.4 Å². The molecule has 0 fully saturated rings. The molecule has 10 heteroatoms. The van der Waals surface area contributed by atoms with Crippen LogP contribution in [0.15, 0.2) is 82.7 Å². The van der Waals surface area contributed by atoms with Crippen molar-refractivity contribution in [2.45, 2.75) is 13.0 Å². The first kappa shape index (κ1) is 23.4. The van der Waals surface area contributed by atoms with Gasteiger partial charge in [0, 0.05) is 30.3 Å². The normalized spacial score (nSPS) is 12.7. The zero-order valence-electron chi connectivity index (χ0n) is 19.6. The van der Waals surface area contributed by atoms with E-state index in [1.54, 1.807) is 36.4 Å². The second kappa shape index (κ2) is 10.1. The highest BCUT2D eigenvalue weighted by Crippen LogP contribution is 2.32. The van der Waals surface area contributed by atoms with Crippen LogP contribution < -0.4 is 15.9 Å². The SMILES string of the molecule is N#Cc1c(-c2ccccc2)nc(NN=Cc2ccc(N3CCc4ccccc4C3)c([N+](=O)[O-])c2)[nH]c1=O. The summed E-state index contributed by atoms with van der Waals surface area (Å²) in [6.07, 6.45) is 2.23. The number of hydrogen-bond donors (Lipinski definition) is 2. The van der Waals surface area contributed by atoms with Crippen LogP contribution in [-0.4, -0.2) is 27.7 Å². The second-order valence-electron chi connectivity index (χ2n) is 8.43. The molecule has 5 rings (SSSR count). The fourth-order valence-electron chi connectivity index (χ4n) is 4.34. The summed E-state index contributed by atoms with van der Waals surface area (Å²) in [5.41, 5.74) is 6.25. The van der Waals surface area contributed by atoms with Crippen molar-refractivity contribution in [1.29, 1.82) is 5.26 Å². The average Bonchev–Trinajstić information content (AvgIpc) is 2.93. The summed E-state index contributed by atoms with van der Waals surface area (Å²) in [6, 6.07) is 23.8. The Morgan fingerprint density at radius 1 is 1.11 bits per heavy atom. The molecule has 0 aliphatic carbocycles. The Morgan fingerprint density at radius 2 is 1.86 bits per heavy atom. The first-order valence-corrected chi connectivity index (χ1v) is 11.5. The van der Waals surface area contributed by atoms with Crippen molar-refractivity contribution in [2.24, 2.45) is 5.10 Å². The molecule has 0 saturated carbocycles. The van der Waals surface area contributed by atoms with Crippen molar-refractivity contribution in [1.82, 2.24) is 9.97 Å². The lowest BCUT2D eigenvalue weighted by Crippen LogP contribution is -2.30. The molecule has 0 radical (unpaired) electrons. The number of nitrogens with zero attached hydrogens (tertiary/aromatic N) is 5. The molecule has 182 valence electrons. The Labute approximate surface area is 211 Å². The van der Waals surface area contributed by atoms with E-state index in [0.717, 1.165) is 12.0 Å². The highest BCUT2D eigenvalue weighted by molar-refractivity contribution is 5.83. The quantitative estimate of drug-likeness (QED) is 0.234. The average molecular weight is 492 g/mol. The van der Waals surface area contributed by atoms with Gasteiger partial charge in [0.1, 0.15) is 17.3 Å². The number of H-pyrrole nitrogens is 1. The molecule has 0 bridgehead atoms. The molecule has 1 aliphatic heterocycles. The first-order chi connectivity index (χ1) is 18.0. The highest BCUT2D eigenvalue weighted by atomic mass is 16.6. The number of aromatic amines is 1. The molecule has 10 nitrogen and oxygen atoms in total. The second-order valence-corrected chi connectivity index (χ2v) is 8.43. The Balaban J connectivity index is 1.38. The standard InChI is InChI=1S/C27H21N7O3/c28-15-22-25(20-7-2-1-3-8-20)30-27(31-26(22)35)32-29-16-18-10-11-23(24(14-18)34(36)37)33-13-12-19-6-4-5-9-21(19)17-33/h1-11,14,16H,12-13,17H2,(H2,30,31,32,35). The molecular formula is C27H21N7O3. The van der Waals surface area contributed by atoms with Crippen molar-refractivity contribution < 1.29 is 4.92 Å². The molecule has 1 aromatic heterocycles. The third kappa shape index (κ3) is 4.92. The third-order valence-corrected chi connectivity index (χ3v) is 6.13. The van der Waals surface area contributed by atoms with Crippen LogP contribution in [0.4, 0.5) is 17.3 Å². The van der Waals surface area contributed by atoms with Crippen LogP contribution in [0.3, 0.4) is 0 Å². The van der Waals surface area contributed by atoms with Gasteiger partial charge in [-0.1, -0.05) is 60.7 Å². The van der Waals surface area contributed by atoms with Gasteiger partial charge in [-0.3, -0.25) is 19.9 Å². The summed E-state index contributed by atoms with van der Waals surface area (Å²) in [4.78, 5) is 32.7. The number of hydrogen-bond acceptors (Lipinski definition) is 8. The van der Waals surface area contributed by atoms with Gasteiger partial charge in [-0.25, -0.2) is 10.4 Å². The number of nitro benzene ring substituents is 1. The number of nitrogens with one attached hydrogen (secondary N) is 2. The lowest BCUT2D eigenvalue weighted by Gasteiger charge is -2.30. The highest BCUT2D eigenvalue weighted by Gasteiger charge is 2.23. The first-order valence-electron chi connectivity index (χ1n) is 11.5. The van der Waals surface area contributed by atoms with Gasteiger partial charge in [0.05, 0.1) is 16.8 Å². The van der Waals surface area contributed by atoms with Gasteiger partial charge in [0.15, 0.2) is 0 Å². The predicted molar refractivity (Wildman–Crippen MR) is 141 cm³/mol. The molecule has 0 atom stereocenters. The molecule has 0 amide bonds. The Bertz CT molecular complexity index is 1610. The van der Waals surface area contributed by atoms with Gasteiger partial charge >= 0.3 is 0 Å². The fourth-order valence-corrected chi connectivity index (χ4v) is 4.34. The molecule has 0 spiro atoms. The van der Waals surface area contributed by atoms with Gasteiger partial charge in [0.25, 0.3) is 11.2 Å². The maximum atomic E-state index is 12.4. The van der Waals surface area contributed by atoms with Crippen molar-refractivity contribution in [3.63, 3.8) is 0 Å². The largest absolute Gasteiger partial charge is 0.361 e. The van der Waals surface area contributed by atoms with Crippen LogP contribution in [0.25, 0.3) is 11.3 Å². The van der Waals surface area contributed by atoms with Gasteiger partial charge < -0.3 is 4.90 Å². The van der Waals surface area contributed by atoms with E-state index in [0.29, 0.717) is 29.9 Å². The zero-order valence-corrected chi connectivity index (χ0v) is 19.6. The van der Waals surface area contributed by atoms with Crippen LogP contribution in [0.1, 0.15) is 22.3 Å². The maximum absolute atomic E-state index is 12.4. The van der Waals surface area contributed by atoms with E-state index < -0.39 is 10.5 Å². The molecule has 2 N–H and O–H groups in total. The van der Waals surface area contributed by atoms with Crippen LogP contribution >= 0.6 is 0 Å². The van der Waals surface area contributed by atoms with E-state index in [1.165, 1.54) is 17.8 Å².